The maximum Gasteiger partial charge on any atom is 0.222 e. The van der Waals surface area contributed by atoms with E-state index in [9.17, 15) is 0 Å². The quantitative estimate of drug-likeness (QED) is 0.541. The van der Waals surface area contributed by atoms with E-state index in [0.717, 1.165) is 12.7 Å². The molecule has 8 nitrogen and oxygen atoms in total. The number of nitrogens with zero attached hydrogens (tertiary/aromatic N) is 4. The van der Waals surface area contributed by atoms with Gasteiger partial charge in [0.15, 0.2) is 5.82 Å². The van der Waals surface area contributed by atoms with E-state index in [1.54, 1.807) is 16.9 Å². The molecule has 0 unspecified atom stereocenters. The van der Waals surface area contributed by atoms with Gasteiger partial charge >= 0.3 is 0 Å². The molecule has 2 heterocycles. The average molecular weight is 321 g/mol. The first-order valence-electron chi connectivity index (χ1n) is 7.06. The van der Waals surface area contributed by atoms with Gasteiger partial charge in [-0.15, -0.1) is 0 Å². The third kappa shape index (κ3) is 4.18. The number of hydrogen-bond donors (Lipinski definition) is 3. The Bertz CT molecular complexity index is 650. The van der Waals surface area contributed by atoms with E-state index in [1.165, 1.54) is 0 Å². The van der Waals surface area contributed by atoms with E-state index in [1.807, 2.05) is 0 Å². The molecule has 0 aliphatic heterocycles. The van der Waals surface area contributed by atoms with Crippen molar-refractivity contribution in [3.05, 3.63) is 12.3 Å². The summed E-state index contributed by atoms with van der Waals surface area (Å²) in [5.74, 6) is 0.228. The average Bonchev–Trinajstić information content (AvgIpc) is 2.86. The predicted octanol–water partition coefficient (Wildman–Crippen LogP) is 1.40. The van der Waals surface area contributed by atoms with Gasteiger partial charge in [-0.1, -0.05) is 19.6 Å². The molecule has 0 saturated carbocycles. The zero-order valence-corrected chi connectivity index (χ0v) is 14.2. The highest BCUT2D eigenvalue weighted by molar-refractivity contribution is 6.76. The molecule has 0 bridgehead atoms. The molecule has 6 N–H and O–H groups in total. The Balaban J connectivity index is 2.03. The topological polar surface area (TPSA) is 131 Å². The first-order valence-corrected chi connectivity index (χ1v) is 10.8. The van der Waals surface area contributed by atoms with Crippen LogP contribution in [0.3, 0.4) is 0 Å². The molecule has 0 fully saturated rings. The third-order valence-electron chi connectivity index (χ3n) is 3.10. The van der Waals surface area contributed by atoms with Crippen molar-refractivity contribution in [1.82, 2.24) is 19.7 Å². The van der Waals surface area contributed by atoms with Crippen molar-refractivity contribution in [2.45, 2.75) is 32.4 Å². The Morgan fingerprint density at radius 3 is 2.59 bits per heavy atom. The lowest BCUT2D eigenvalue weighted by Gasteiger charge is -2.15. The van der Waals surface area contributed by atoms with Gasteiger partial charge in [-0.3, -0.25) is 0 Å². The molecule has 0 aliphatic carbocycles. The van der Waals surface area contributed by atoms with Gasteiger partial charge in [-0.2, -0.15) is 10.1 Å². The summed E-state index contributed by atoms with van der Waals surface area (Å²) in [4.78, 5) is 7.91. The van der Waals surface area contributed by atoms with Gasteiger partial charge in [0.2, 0.25) is 5.95 Å². The molecule has 2 aromatic rings. The monoisotopic (exact) mass is 321 g/mol. The van der Waals surface area contributed by atoms with Crippen molar-refractivity contribution >= 4 is 25.5 Å². The molecule has 0 saturated heterocycles. The summed E-state index contributed by atoms with van der Waals surface area (Å²) in [6.45, 7) is 8.07. The highest BCUT2D eigenvalue weighted by atomic mass is 28.3. The fourth-order valence-corrected chi connectivity index (χ4v) is 2.55. The molecule has 120 valence electrons. The summed E-state index contributed by atoms with van der Waals surface area (Å²) in [7, 11) is -1.08. The van der Waals surface area contributed by atoms with Gasteiger partial charge < -0.3 is 21.9 Å². The van der Waals surface area contributed by atoms with Crippen molar-refractivity contribution in [3.63, 3.8) is 0 Å². The lowest BCUT2D eigenvalue weighted by molar-refractivity contribution is 0.0787. The minimum atomic E-state index is -1.08. The fraction of sp³-hybridized carbons (Fsp3) is 0.462. The van der Waals surface area contributed by atoms with Crippen LogP contribution in [0, 0.1) is 0 Å². The van der Waals surface area contributed by atoms with E-state index in [2.05, 4.69) is 34.7 Å². The maximum absolute atomic E-state index is 5.88. The Kier molecular flexibility index (Phi) is 4.67. The summed E-state index contributed by atoms with van der Waals surface area (Å²) in [5, 5.41) is 4.38. The highest BCUT2D eigenvalue weighted by Crippen LogP contribution is 2.26. The molecule has 0 atom stereocenters. The number of anilines is 3. The zero-order valence-electron chi connectivity index (χ0n) is 13.2. The first-order chi connectivity index (χ1) is 10.3. The lowest BCUT2D eigenvalue weighted by Crippen LogP contribution is -2.22. The summed E-state index contributed by atoms with van der Waals surface area (Å²) >= 11 is 0. The summed E-state index contributed by atoms with van der Waals surface area (Å²) < 4.78 is 7.33. The van der Waals surface area contributed by atoms with E-state index >= 15 is 0 Å². The molecule has 0 spiro atoms. The summed E-state index contributed by atoms with van der Waals surface area (Å²) in [6, 6.07) is 2.91. The number of nitrogen functional groups attached to an aromatic ring is 3. The van der Waals surface area contributed by atoms with Crippen molar-refractivity contribution in [2.75, 3.05) is 23.8 Å². The molecule has 22 heavy (non-hydrogen) atoms. The smallest absolute Gasteiger partial charge is 0.222 e. The number of aromatic nitrogens is 4. The highest BCUT2D eigenvalue weighted by Gasteiger charge is 2.14. The Morgan fingerprint density at radius 2 is 1.91 bits per heavy atom. The molecule has 0 aliphatic rings. The fourth-order valence-electron chi connectivity index (χ4n) is 1.80. The van der Waals surface area contributed by atoms with Crippen LogP contribution in [0.5, 0.6) is 0 Å². The van der Waals surface area contributed by atoms with Crippen LogP contribution in [0.25, 0.3) is 11.4 Å². The molecule has 9 heteroatoms. The number of nitrogens with two attached hydrogens (primary N) is 3. The SMILES string of the molecule is C[Si](C)(C)CCOCn1ccc(-c2nc(N)nc(N)c2N)n1. The maximum atomic E-state index is 5.88. The summed E-state index contributed by atoms with van der Waals surface area (Å²) in [5.41, 5.74) is 18.5. The standard InChI is InChI=1S/C13H23N7OSi/c1-22(2,3)7-6-21-8-20-5-4-9(19-20)11-10(14)12(15)18-13(16)17-11/h4-5H,6-8,14H2,1-3H3,(H4,15,16,17,18). The van der Waals surface area contributed by atoms with Crippen molar-refractivity contribution in [3.8, 4) is 11.4 Å². The molecule has 0 aromatic carbocycles. The second-order valence-electron chi connectivity index (χ2n) is 6.32. The minimum absolute atomic E-state index is 0.0719. The van der Waals surface area contributed by atoms with Crippen LogP contribution in [0.15, 0.2) is 12.3 Å². The van der Waals surface area contributed by atoms with Crippen molar-refractivity contribution < 1.29 is 4.74 Å². The van der Waals surface area contributed by atoms with Gasteiger partial charge in [0.1, 0.15) is 23.8 Å². The van der Waals surface area contributed by atoms with Crippen LogP contribution in [-0.2, 0) is 11.5 Å². The minimum Gasteiger partial charge on any atom is -0.394 e. The van der Waals surface area contributed by atoms with E-state index < -0.39 is 8.07 Å². The van der Waals surface area contributed by atoms with Crippen LogP contribution in [-0.4, -0.2) is 34.4 Å². The molecular weight excluding hydrogens is 298 g/mol. The van der Waals surface area contributed by atoms with Crippen LogP contribution in [0.2, 0.25) is 25.7 Å². The second kappa shape index (κ2) is 6.32. The Hall–Kier alpha value is -2.13. The van der Waals surface area contributed by atoms with Crippen LogP contribution >= 0.6 is 0 Å². The zero-order chi connectivity index (χ0) is 16.3. The van der Waals surface area contributed by atoms with Crippen LogP contribution < -0.4 is 17.2 Å². The lowest BCUT2D eigenvalue weighted by atomic mass is 10.2. The molecular formula is C13H23N7OSi. The first kappa shape index (κ1) is 16.2. The number of ether oxygens (including phenoxy) is 1. The van der Waals surface area contributed by atoms with Gasteiger partial charge in [0.25, 0.3) is 0 Å². The molecule has 0 radical (unpaired) electrons. The van der Waals surface area contributed by atoms with Crippen LogP contribution in [0.1, 0.15) is 0 Å². The van der Waals surface area contributed by atoms with Gasteiger partial charge in [-0.05, 0) is 12.1 Å². The van der Waals surface area contributed by atoms with Gasteiger partial charge in [0, 0.05) is 20.9 Å². The number of rotatable bonds is 6. The third-order valence-corrected chi connectivity index (χ3v) is 4.80. The Labute approximate surface area is 130 Å². The largest absolute Gasteiger partial charge is 0.394 e. The molecule has 0 amide bonds. The summed E-state index contributed by atoms with van der Waals surface area (Å²) in [6.07, 6.45) is 1.80. The van der Waals surface area contributed by atoms with Gasteiger partial charge in [-0.25, -0.2) is 9.67 Å². The van der Waals surface area contributed by atoms with E-state index in [0.29, 0.717) is 18.1 Å². The van der Waals surface area contributed by atoms with E-state index in [4.69, 9.17) is 21.9 Å². The normalized spacial score (nSPS) is 11.8. The van der Waals surface area contributed by atoms with Crippen LogP contribution in [0.4, 0.5) is 17.5 Å². The van der Waals surface area contributed by atoms with Gasteiger partial charge in [0.05, 0.1) is 0 Å². The van der Waals surface area contributed by atoms with Crippen molar-refractivity contribution in [1.29, 1.82) is 0 Å². The number of hydrogen-bond acceptors (Lipinski definition) is 7. The van der Waals surface area contributed by atoms with E-state index in [-0.39, 0.29) is 17.5 Å². The molecule has 2 aromatic heterocycles. The molecule has 2 rings (SSSR count). The van der Waals surface area contributed by atoms with Crippen molar-refractivity contribution in [2.24, 2.45) is 0 Å². The predicted molar refractivity (Wildman–Crippen MR) is 90.6 cm³/mol. The second-order valence-corrected chi connectivity index (χ2v) is 11.9. The Morgan fingerprint density at radius 1 is 1.18 bits per heavy atom.